The number of alkyl halides is 2. The first-order valence-corrected chi connectivity index (χ1v) is 4.72. The Morgan fingerprint density at radius 2 is 2.23 bits per heavy atom. The third-order valence-corrected chi connectivity index (χ3v) is 2.90. The summed E-state index contributed by atoms with van der Waals surface area (Å²) in [5.41, 5.74) is 0. The van der Waals surface area contributed by atoms with Gasteiger partial charge in [-0.25, -0.2) is 8.78 Å². The van der Waals surface area contributed by atoms with E-state index in [0.717, 1.165) is 6.54 Å². The molecule has 0 aliphatic carbocycles. The van der Waals surface area contributed by atoms with Gasteiger partial charge >= 0.3 is 0 Å². The molecule has 13 heavy (non-hydrogen) atoms. The molecule has 1 nitrogen and oxygen atoms in total. The number of hydrogen-bond acceptors (Lipinski definition) is 1. The molecule has 1 saturated heterocycles. The minimum Gasteiger partial charge on any atom is -0.291 e. The van der Waals surface area contributed by atoms with Crippen LogP contribution in [-0.4, -0.2) is 30.0 Å². The predicted octanol–water partition coefficient (Wildman–Crippen LogP) is 2.54. The zero-order valence-electron chi connectivity index (χ0n) is 8.26. The number of hydrogen-bond donors (Lipinski definition) is 0. The van der Waals surface area contributed by atoms with Crippen molar-refractivity contribution in [3.05, 3.63) is 12.7 Å². The van der Waals surface area contributed by atoms with E-state index in [1.807, 2.05) is 6.92 Å². The molecule has 0 N–H and O–H groups in total. The summed E-state index contributed by atoms with van der Waals surface area (Å²) in [7, 11) is 0. The lowest BCUT2D eigenvalue weighted by atomic mass is 9.94. The van der Waals surface area contributed by atoms with Crippen molar-refractivity contribution in [2.75, 3.05) is 13.1 Å². The average Bonchev–Trinajstić information content (AvgIpc) is 2.08. The third kappa shape index (κ3) is 2.27. The molecular weight excluding hydrogens is 172 g/mol. The van der Waals surface area contributed by atoms with E-state index in [1.165, 1.54) is 0 Å². The van der Waals surface area contributed by atoms with Gasteiger partial charge in [0.2, 0.25) is 0 Å². The van der Waals surface area contributed by atoms with E-state index < -0.39 is 11.8 Å². The van der Waals surface area contributed by atoms with Gasteiger partial charge in [0.05, 0.1) is 6.54 Å². The van der Waals surface area contributed by atoms with Crippen LogP contribution in [0.5, 0.6) is 0 Å². The summed E-state index contributed by atoms with van der Waals surface area (Å²) in [5.74, 6) is -3.02. The number of halogens is 2. The van der Waals surface area contributed by atoms with Crippen LogP contribution in [0.25, 0.3) is 0 Å². The summed E-state index contributed by atoms with van der Waals surface area (Å²) in [6, 6.07) is 0.0541. The fraction of sp³-hybridized carbons (Fsp3) is 0.800. The smallest absolute Gasteiger partial charge is 0.263 e. The minimum absolute atomic E-state index is 0.0541. The number of rotatable bonds is 2. The summed E-state index contributed by atoms with van der Waals surface area (Å²) >= 11 is 0. The van der Waals surface area contributed by atoms with Crippen LogP contribution in [-0.2, 0) is 0 Å². The van der Waals surface area contributed by atoms with Gasteiger partial charge in [0.25, 0.3) is 5.92 Å². The molecule has 1 fully saturated rings. The van der Waals surface area contributed by atoms with Crippen molar-refractivity contribution in [1.82, 2.24) is 4.90 Å². The predicted molar refractivity (Wildman–Crippen MR) is 50.0 cm³/mol. The number of piperidine rings is 1. The van der Waals surface area contributed by atoms with Crippen LogP contribution in [0.1, 0.15) is 20.3 Å². The molecule has 1 heterocycles. The largest absolute Gasteiger partial charge is 0.291 e. The zero-order valence-corrected chi connectivity index (χ0v) is 8.26. The first kappa shape index (κ1) is 10.6. The average molecular weight is 189 g/mol. The van der Waals surface area contributed by atoms with E-state index in [-0.39, 0.29) is 12.6 Å². The molecule has 76 valence electrons. The summed E-state index contributed by atoms with van der Waals surface area (Å²) < 4.78 is 26.5. The van der Waals surface area contributed by atoms with E-state index in [2.05, 4.69) is 6.58 Å². The van der Waals surface area contributed by atoms with Gasteiger partial charge in [0.1, 0.15) is 0 Å². The fourth-order valence-electron chi connectivity index (χ4n) is 1.57. The van der Waals surface area contributed by atoms with Gasteiger partial charge in [-0.1, -0.05) is 13.0 Å². The quantitative estimate of drug-likeness (QED) is 0.603. The molecule has 1 aliphatic heterocycles. The van der Waals surface area contributed by atoms with Crippen molar-refractivity contribution in [2.24, 2.45) is 5.92 Å². The van der Waals surface area contributed by atoms with Crippen molar-refractivity contribution in [2.45, 2.75) is 32.2 Å². The van der Waals surface area contributed by atoms with Crippen molar-refractivity contribution < 1.29 is 8.78 Å². The summed E-state index contributed by atoms with van der Waals surface area (Å²) in [4.78, 5) is 1.78. The lowest BCUT2D eigenvalue weighted by molar-refractivity contribution is -0.108. The molecular formula is C10H17F2N. The lowest BCUT2D eigenvalue weighted by Gasteiger charge is -2.39. The molecule has 1 rings (SSSR count). The summed E-state index contributed by atoms with van der Waals surface area (Å²) in [6.45, 7) is 7.77. The molecule has 0 bridgehead atoms. The van der Waals surface area contributed by atoms with Crippen molar-refractivity contribution in [3.63, 3.8) is 0 Å². The Morgan fingerprint density at radius 1 is 1.62 bits per heavy atom. The van der Waals surface area contributed by atoms with E-state index >= 15 is 0 Å². The molecule has 3 heteroatoms. The maximum atomic E-state index is 13.3. The van der Waals surface area contributed by atoms with Gasteiger partial charge in [-0.15, -0.1) is 6.58 Å². The second-order valence-corrected chi connectivity index (χ2v) is 3.90. The van der Waals surface area contributed by atoms with Crippen molar-refractivity contribution in [3.8, 4) is 0 Å². The van der Waals surface area contributed by atoms with Gasteiger partial charge in [0.15, 0.2) is 0 Å². The van der Waals surface area contributed by atoms with Crippen LogP contribution in [0.3, 0.4) is 0 Å². The Bertz CT molecular complexity index is 191. The Kier molecular flexibility index (Phi) is 3.06. The van der Waals surface area contributed by atoms with Crippen LogP contribution in [0, 0.1) is 5.92 Å². The van der Waals surface area contributed by atoms with Crippen LogP contribution < -0.4 is 0 Å². The Labute approximate surface area is 78.4 Å². The van der Waals surface area contributed by atoms with E-state index in [4.69, 9.17) is 0 Å². The highest BCUT2D eigenvalue weighted by Gasteiger charge is 2.42. The highest BCUT2D eigenvalue weighted by molar-refractivity contribution is 4.91. The monoisotopic (exact) mass is 189 g/mol. The lowest BCUT2D eigenvalue weighted by Crippen LogP contribution is -2.50. The SMILES string of the molecule is C=CC(C)N1CCC(C)C(F)(F)C1. The van der Waals surface area contributed by atoms with Gasteiger partial charge in [-0.05, 0) is 19.9 Å². The third-order valence-electron chi connectivity index (χ3n) is 2.90. The molecule has 0 spiro atoms. The second-order valence-electron chi connectivity index (χ2n) is 3.90. The Balaban J connectivity index is 2.60. The topological polar surface area (TPSA) is 3.24 Å². The normalized spacial score (nSPS) is 31.2. The minimum atomic E-state index is -2.53. The first-order valence-electron chi connectivity index (χ1n) is 4.72. The maximum Gasteiger partial charge on any atom is 0.263 e. The van der Waals surface area contributed by atoms with Gasteiger partial charge in [0, 0.05) is 12.0 Å². The fourth-order valence-corrected chi connectivity index (χ4v) is 1.57. The van der Waals surface area contributed by atoms with Crippen LogP contribution in [0.2, 0.25) is 0 Å². The summed E-state index contributed by atoms with van der Waals surface area (Å²) in [5, 5.41) is 0. The molecule has 2 unspecified atom stereocenters. The van der Waals surface area contributed by atoms with E-state index in [1.54, 1.807) is 17.9 Å². The summed E-state index contributed by atoms with van der Waals surface area (Å²) in [6.07, 6.45) is 2.29. The molecule has 1 aliphatic rings. The Hall–Kier alpha value is -0.440. The standard InChI is InChI=1S/C10H17F2N/c1-4-9(3)13-6-5-8(2)10(11,12)7-13/h4,8-9H,1,5-7H2,2-3H3. The van der Waals surface area contributed by atoms with Crippen molar-refractivity contribution in [1.29, 1.82) is 0 Å². The molecule has 0 saturated carbocycles. The van der Waals surface area contributed by atoms with E-state index in [0.29, 0.717) is 6.42 Å². The second kappa shape index (κ2) is 3.74. The number of likely N-dealkylation sites (tertiary alicyclic amines) is 1. The Morgan fingerprint density at radius 3 is 2.69 bits per heavy atom. The van der Waals surface area contributed by atoms with Crippen LogP contribution >= 0.6 is 0 Å². The van der Waals surface area contributed by atoms with Crippen molar-refractivity contribution >= 4 is 0 Å². The van der Waals surface area contributed by atoms with Gasteiger partial charge in [-0.2, -0.15) is 0 Å². The highest BCUT2D eigenvalue weighted by atomic mass is 19.3. The molecule has 0 aromatic carbocycles. The van der Waals surface area contributed by atoms with Gasteiger partial charge in [-0.3, -0.25) is 4.90 Å². The van der Waals surface area contributed by atoms with Gasteiger partial charge < -0.3 is 0 Å². The molecule has 0 aromatic rings. The first-order chi connectivity index (χ1) is 5.97. The van der Waals surface area contributed by atoms with E-state index in [9.17, 15) is 8.78 Å². The van der Waals surface area contributed by atoms with Crippen LogP contribution in [0.15, 0.2) is 12.7 Å². The maximum absolute atomic E-state index is 13.3. The highest BCUT2D eigenvalue weighted by Crippen LogP contribution is 2.33. The molecule has 0 aromatic heterocycles. The van der Waals surface area contributed by atoms with Crippen LogP contribution in [0.4, 0.5) is 8.78 Å². The molecule has 0 amide bonds. The molecule has 2 atom stereocenters. The number of nitrogens with zero attached hydrogens (tertiary/aromatic N) is 1. The molecule has 0 radical (unpaired) electrons. The zero-order chi connectivity index (χ0) is 10.1.